The quantitative estimate of drug-likeness (QED) is 0.623. The average Bonchev–Trinajstić information content (AvgIpc) is 2.65. The Labute approximate surface area is 97.0 Å². The molecule has 17 heavy (non-hydrogen) atoms. The van der Waals surface area contributed by atoms with E-state index in [0.717, 1.165) is 5.38 Å². The second-order valence-electron chi connectivity index (χ2n) is 2.96. The zero-order valence-corrected chi connectivity index (χ0v) is 9.29. The minimum Gasteiger partial charge on any atom is -0.461 e. The molecule has 0 amide bonds. The lowest BCUT2D eigenvalue weighted by Gasteiger charge is -2.16. The van der Waals surface area contributed by atoms with Gasteiger partial charge in [-0.25, -0.2) is 4.79 Å². The van der Waals surface area contributed by atoms with Gasteiger partial charge in [-0.2, -0.15) is 22.0 Å². The summed E-state index contributed by atoms with van der Waals surface area (Å²) < 4.78 is 68.0. The van der Waals surface area contributed by atoms with E-state index in [1.165, 1.54) is 6.92 Å². The van der Waals surface area contributed by atoms with Crippen LogP contribution in [0, 0.1) is 0 Å². The smallest absolute Gasteiger partial charge is 0.426 e. The summed E-state index contributed by atoms with van der Waals surface area (Å²) in [7, 11) is 0. The van der Waals surface area contributed by atoms with Crippen LogP contribution in [0.25, 0.3) is 0 Å². The summed E-state index contributed by atoms with van der Waals surface area (Å²) in [5, 5.41) is 0.852. The molecule has 0 N–H and O–H groups in total. The highest BCUT2D eigenvalue weighted by molar-refractivity contribution is 7.10. The van der Waals surface area contributed by atoms with Gasteiger partial charge in [-0.1, -0.05) is 0 Å². The highest BCUT2D eigenvalue weighted by atomic mass is 32.1. The maximum absolute atomic E-state index is 13.4. The Kier molecular flexibility index (Phi) is 3.75. The first-order valence-electron chi connectivity index (χ1n) is 4.41. The second kappa shape index (κ2) is 4.59. The van der Waals surface area contributed by atoms with Gasteiger partial charge in [0.2, 0.25) is 0 Å². The number of esters is 1. The van der Waals surface area contributed by atoms with Gasteiger partial charge in [0.15, 0.2) is 0 Å². The fraction of sp³-hybridized carbons (Fsp3) is 0.444. The highest BCUT2D eigenvalue weighted by Gasteiger charge is 2.49. The van der Waals surface area contributed by atoms with Crippen LogP contribution in [-0.2, 0) is 21.6 Å². The summed E-state index contributed by atoms with van der Waals surface area (Å²) in [6, 6.07) is 0.574. The molecule has 0 spiro atoms. The topological polar surface area (TPSA) is 26.3 Å². The molecule has 1 heterocycles. The Morgan fingerprint density at radius 2 is 1.94 bits per heavy atom. The van der Waals surface area contributed by atoms with Gasteiger partial charge in [-0.05, 0) is 18.4 Å². The predicted molar refractivity (Wildman–Crippen MR) is 49.8 cm³/mol. The molecule has 1 aromatic rings. The minimum atomic E-state index is -4.92. The molecule has 0 fully saturated rings. The second-order valence-corrected chi connectivity index (χ2v) is 3.87. The third-order valence-electron chi connectivity index (χ3n) is 1.79. The Balaban J connectivity index is 3.16. The van der Waals surface area contributed by atoms with Crippen molar-refractivity contribution >= 4 is 17.3 Å². The molecule has 0 aliphatic rings. The molecular weight excluding hydrogens is 267 g/mol. The fourth-order valence-electron chi connectivity index (χ4n) is 1.11. The molecular formula is C9H7F5O2S. The van der Waals surface area contributed by atoms with Crippen LogP contribution in [0.3, 0.4) is 0 Å². The molecule has 0 unspecified atom stereocenters. The summed E-state index contributed by atoms with van der Waals surface area (Å²) >= 11 is 0.106. The summed E-state index contributed by atoms with van der Waals surface area (Å²) in [6.07, 6.45) is -4.92. The van der Waals surface area contributed by atoms with Crippen molar-refractivity contribution in [1.82, 2.24) is 0 Å². The number of rotatable bonds is 3. The van der Waals surface area contributed by atoms with Gasteiger partial charge in [0.25, 0.3) is 0 Å². The third kappa shape index (κ3) is 2.74. The van der Waals surface area contributed by atoms with Crippen LogP contribution in [-0.4, -0.2) is 12.6 Å². The van der Waals surface area contributed by atoms with Crippen LogP contribution >= 0.6 is 11.3 Å². The number of ether oxygens (including phenoxy) is 1. The van der Waals surface area contributed by atoms with Crippen molar-refractivity contribution in [2.45, 2.75) is 19.0 Å². The Morgan fingerprint density at radius 3 is 2.41 bits per heavy atom. The van der Waals surface area contributed by atoms with E-state index < -0.39 is 28.5 Å². The fourth-order valence-corrected chi connectivity index (χ4v) is 1.90. The van der Waals surface area contributed by atoms with Crippen molar-refractivity contribution < 1.29 is 31.5 Å². The monoisotopic (exact) mass is 274 g/mol. The lowest BCUT2D eigenvalue weighted by molar-refractivity contribution is -0.175. The van der Waals surface area contributed by atoms with E-state index in [4.69, 9.17) is 0 Å². The Morgan fingerprint density at radius 1 is 1.35 bits per heavy atom. The van der Waals surface area contributed by atoms with Gasteiger partial charge in [0.05, 0.1) is 12.2 Å². The van der Waals surface area contributed by atoms with Gasteiger partial charge in [-0.15, -0.1) is 11.3 Å². The number of carbonyl (C=O) groups is 1. The molecule has 0 saturated heterocycles. The van der Waals surface area contributed by atoms with Gasteiger partial charge in [0, 0.05) is 0 Å². The molecule has 0 radical (unpaired) electrons. The molecule has 0 aliphatic carbocycles. The van der Waals surface area contributed by atoms with Crippen LogP contribution in [0.4, 0.5) is 22.0 Å². The molecule has 1 aromatic heterocycles. The van der Waals surface area contributed by atoms with Crippen molar-refractivity contribution in [2.24, 2.45) is 0 Å². The molecule has 0 bridgehead atoms. The summed E-state index contributed by atoms with van der Waals surface area (Å²) in [5.74, 6) is -6.27. The average molecular weight is 274 g/mol. The predicted octanol–water partition coefficient (Wildman–Crippen LogP) is 3.42. The molecule has 2 nitrogen and oxygen atoms in total. The zero-order chi connectivity index (χ0) is 13.3. The Bertz CT molecular complexity index is 410. The zero-order valence-electron chi connectivity index (χ0n) is 8.48. The summed E-state index contributed by atoms with van der Waals surface area (Å²) in [6.45, 7) is 0.951. The van der Waals surface area contributed by atoms with Gasteiger partial charge in [-0.3, -0.25) is 0 Å². The first-order valence-corrected chi connectivity index (χ1v) is 5.29. The maximum atomic E-state index is 13.4. The van der Waals surface area contributed by atoms with Gasteiger partial charge < -0.3 is 4.74 Å². The minimum absolute atomic E-state index is 0.106. The SMILES string of the molecule is CCOC(=O)C(F)(F)c1ccsc1C(F)(F)F. The maximum Gasteiger partial charge on any atom is 0.426 e. The van der Waals surface area contributed by atoms with Crippen LogP contribution in [0.5, 0.6) is 0 Å². The molecule has 0 atom stereocenters. The van der Waals surface area contributed by atoms with Crippen LogP contribution in [0.15, 0.2) is 11.4 Å². The summed E-state index contributed by atoms with van der Waals surface area (Å²) in [5.41, 5.74) is -1.37. The van der Waals surface area contributed by atoms with Crippen molar-refractivity contribution in [1.29, 1.82) is 0 Å². The Hall–Kier alpha value is -1.18. The number of alkyl halides is 5. The molecule has 0 saturated carbocycles. The van der Waals surface area contributed by atoms with E-state index in [1.807, 2.05) is 0 Å². The molecule has 0 aromatic carbocycles. The van der Waals surface area contributed by atoms with Crippen molar-refractivity contribution in [3.63, 3.8) is 0 Å². The van der Waals surface area contributed by atoms with E-state index in [9.17, 15) is 26.7 Å². The van der Waals surface area contributed by atoms with E-state index in [0.29, 0.717) is 6.07 Å². The largest absolute Gasteiger partial charge is 0.461 e. The standard InChI is InChI=1S/C9H7F5O2S/c1-2-16-7(15)8(10,11)5-3-4-17-6(5)9(12,13)14/h3-4H,2H2,1H3. The van der Waals surface area contributed by atoms with E-state index >= 15 is 0 Å². The summed E-state index contributed by atoms with van der Waals surface area (Å²) in [4.78, 5) is 9.42. The third-order valence-corrected chi connectivity index (χ3v) is 2.75. The molecule has 0 aliphatic heterocycles. The van der Waals surface area contributed by atoms with Crippen LogP contribution < -0.4 is 0 Å². The molecule has 8 heteroatoms. The van der Waals surface area contributed by atoms with Crippen molar-refractivity contribution in [3.05, 3.63) is 21.9 Å². The number of hydrogen-bond acceptors (Lipinski definition) is 3. The van der Waals surface area contributed by atoms with E-state index in [-0.39, 0.29) is 17.9 Å². The van der Waals surface area contributed by atoms with E-state index in [1.54, 1.807) is 0 Å². The first kappa shape index (κ1) is 13.9. The first-order chi connectivity index (χ1) is 7.71. The number of hydrogen-bond donors (Lipinski definition) is 0. The van der Waals surface area contributed by atoms with Crippen LogP contribution in [0.2, 0.25) is 0 Å². The number of thiophene rings is 1. The van der Waals surface area contributed by atoms with Crippen molar-refractivity contribution in [2.75, 3.05) is 6.61 Å². The number of carbonyl (C=O) groups excluding carboxylic acids is 1. The van der Waals surface area contributed by atoms with Crippen molar-refractivity contribution in [3.8, 4) is 0 Å². The van der Waals surface area contributed by atoms with Gasteiger partial charge in [0.1, 0.15) is 4.88 Å². The highest BCUT2D eigenvalue weighted by Crippen LogP contribution is 2.43. The number of halogens is 5. The van der Waals surface area contributed by atoms with E-state index in [2.05, 4.69) is 4.74 Å². The van der Waals surface area contributed by atoms with Crippen LogP contribution in [0.1, 0.15) is 17.4 Å². The normalized spacial score (nSPS) is 12.6. The lowest BCUT2D eigenvalue weighted by atomic mass is 10.1. The lowest BCUT2D eigenvalue weighted by Crippen LogP contribution is -2.30. The molecule has 96 valence electrons. The molecule has 1 rings (SSSR count). The van der Waals surface area contributed by atoms with Gasteiger partial charge >= 0.3 is 18.1 Å².